The number of anilines is 2. The summed E-state index contributed by atoms with van der Waals surface area (Å²) in [7, 11) is -3.95. The predicted molar refractivity (Wildman–Crippen MR) is 93.2 cm³/mol. The van der Waals surface area contributed by atoms with Crippen LogP contribution in [0, 0.1) is 0 Å². The minimum absolute atomic E-state index is 0.0662. The highest BCUT2D eigenvalue weighted by Crippen LogP contribution is 2.34. The Bertz CT molecular complexity index is 897. The van der Waals surface area contributed by atoms with Crippen molar-refractivity contribution in [2.75, 3.05) is 16.6 Å². The summed E-state index contributed by atoms with van der Waals surface area (Å²) in [4.78, 5) is 0.0662. The number of fused-ring (bicyclic) bond motifs is 1. The molecule has 0 atom stereocenters. The lowest BCUT2D eigenvalue weighted by Gasteiger charge is -2.22. The van der Waals surface area contributed by atoms with Gasteiger partial charge in [-0.15, -0.1) is 0 Å². The zero-order chi connectivity index (χ0) is 18.2. The Hall–Kier alpha value is -1.74. The summed E-state index contributed by atoms with van der Waals surface area (Å²) in [6.07, 6.45) is -2.81. The van der Waals surface area contributed by atoms with E-state index in [0.717, 1.165) is 42.7 Å². The first-order valence-electron chi connectivity index (χ1n) is 7.43. The minimum Gasteiger partial charge on any atom is -0.384 e. The Labute approximate surface area is 151 Å². The van der Waals surface area contributed by atoms with Crippen LogP contribution in [0.25, 0.3) is 0 Å². The molecule has 9 heteroatoms. The van der Waals surface area contributed by atoms with Crippen molar-refractivity contribution in [3.05, 3.63) is 52.0 Å². The molecule has 3 rings (SSSR count). The van der Waals surface area contributed by atoms with Crippen molar-refractivity contribution in [2.24, 2.45) is 0 Å². The van der Waals surface area contributed by atoms with Gasteiger partial charge in [0.1, 0.15) is 4.90 Å². The van der Waals surface area contributed by atoms with Crippen LogP contribution in [0.15, 0.2) is 45.8 Å². The highest BCUT2D eigenvalue weighted by Gasteiger charge is 2.30. The monoisotopic (exact) mass is 434 g/mol. The molecule has 1 aliphatic heterocycles. The maximum absolute atomic E-state index is 12.7. The fourth-order valence-corrected chi connectivity index (χ4v) is 4.64. The van der Waals surface area contributed by atoms with Gasteiger partial charge in [-0.3, -0.25) is 4.72 Å². The molecule has 0 aliphatic carbocycles. The molecular formula is C16H14BrF3N2O2S. The number of aryl methyl sites for hydroxylation is 1. The normalized spacial score (nSPS) is 14.6. The van der Waals surface area contributed by atoms with Crippen LogP contribution in [0.1, 0.15) is 17.5 Å². The van der Waals surface area contributed by atoms with Gasteiger partial charge in [-0.1, -0.05) is 15.9 Å². The van der Waals surface area contributed by atoms with Crippen molar-refractivity contribution >= 4 is 37.3 Å². The average molecular weight is 435 g/mol. The standard InChI is InChI=1S/C16H14BrF3N2O2S/c17-12-8-10-2-1-7-21-15(10)14(9-12)25(23,24)22-13-5-3-11(4-6-13)16(18,19)20/h3-6,8-9,21-22H,1-2,7H2. The third kappa shape index (κ3) is 3.92. The van der Waals surface area contributed by atoms with Crippen LogP contribution >= 0.6 is 15.9 Å². The lowest BCUT2D eigenvalue weighted by molar-refractivity contribution is -0.137. The lowest BCUT2D eigenvalue weighted by atomic mass is 10.0. The molecule has 2 N–H and O–H groups in total. The van der Waals surface area contributed by atoms with E-state index < -0.39 is 21.8 Å². The molecule has 0 unspecified atom stereocenters. The molecule has 0 fully saturated rings. The first kappa shape index (κ1) is 18.1. The molecular weight excluding hydrogens is 421 g/mol. The first-order chi connectivity index (χ1) is 11.7. The summed E-state index contributed by atoms with van der Waals surface area (Å²) in [6.45, 7) is 0.664. The number of alkyl halides is 3. The van der Waals surface area contributed by atoms with Crippen molar-refractivity contribution in [3.63, 3.8) is 0 Å². The minimum atomic E-state index is -4.47. The van der Waals surface area contributed by atoms with Crippen LogP contribution in [0.5, 0.6) is 0 Å². The van der Waals surface area contributed by atoms with Gasteiger partial charge in [-0.2, -0.15) is 13.2 Å². The number of halogens is 4. The van der Waals surface area contributed by atoms with Crippen LogP contribution in [0.3, 0.4) is 0 Å². The Morgan fingerprint density at radius 2 is 1.80 bits per heavy atom. The summed E-state index contributed by atoms with van der Waals surface area (Å²) < 4.78 is 66.2. The van der Waals surface area contributed by atoms with Gasteiger partial charge in [0.25, 0.3) is 10.0 Å². The topological polar surface area (TPSA) is 58.2 Å². The molecule has 1 heterocycles. The summed E-state index contributed by atoms with van der Waals surface area (Å²) in [6, 6.07) is 7.21. The smallest absolute Gasteiger partial charge is 0.384 e. The average Bonchev–Trinajstić information content (AvgIpc) is 2.53. The van der Waals surface area contributed by atoms with Gasteiger partial charge in [0, 0.05) is 16.7 Å². The van der Waals surface area contributed by atoms with Gasteiger partial charge >= 0.3 is 6.18 Å². The van der Waals surface area contributed by atoms with E-state index in [0.29, 0.717) is 16.7 Å². The summed E-state index contributed by atoms with van der Waals surface area (Å²) >= 11 is 3.31. The number of hydrogen-bond donors (Lipinski definition) is 2. The lowest BCUT2D eigenvalue weighted by Crippen LogP contribution is -2.20. The van der Waals surface area contributed by atoms with Gasteiger partial charge in [0.15, 0.2) is 0 Å². The molecule has 134 valence electrons. The van der Waals surface area contributed by atoms with E-state index >= 15 is 0 Å². The quantitative estimate of drug-likeness (QED) is 0.740. The summed E-state index contributed by atoms with van der Waals surface area (Å²) in [5.41, 5.74) is 0.650. The van der Waals surface area contributed by atoms with Crippen LogP contribution in [0.4, 0.5) is 24.5 Å². The third-order valence-corrected chi connectivity index (χ3v) is 5.69. The highest BCUT2D eigenvalue weighted by molar-refractivity contribution is 9.10. The van der Waals surface area contributed by atoms with Crippen LogP contribution in [0.2, 0.25) is 0 Å². The number of nitrogens with one attached hydrogen (secondary N) is 2. The van der Waals surface area contributed by atoms with Crippen LogP contribution in [-0.2, 0) is 22.6 Å². The third-order valence-electron chi connectivity index (χ3n) is 3.83. The summed E-state index contributed by atoms with van der Waals surface area (Å²) in [5.74, 6) is 0. The Morgan fingerprint density at radius 1 is 1.12 bits per heavy atom. The second-order valence-corrected chi connectivity index (χ2v) is 8.22. The Balaban J connectivity index is 1.94. The highest BCUT2D eigenvalue weighted by atomic mass is 79.9. The van der Waals surface area contributed by atoms with Gasteiger partial charge in [0.2, 0.25) is 0 Å². The molecule has 0 saturated carbocycles. The second kappa shape index (κ2) is 6.53. The zero-order valence-corrected chi connectivity index (χ0v) is 15.2. The zero-order valence-electron chi connectivity index (χ0n) is 12.8. The maximum atomic E-state index is 12.7. The number of sulfonamides is 1. The molecule has 2 aromatic rings. The molecule has 0 spiro atoms. The molecule has 0 bridgehead atoms. The first-order valence-corrected chi connectivity index (χ1v) is 9.71. The molecule has 1 aliphatic rings. The van der Waals surface area contributed by atoms with Crippen molar-refractivity contribution in [3.8, 4) is 0 Å². The fourth-order valence-electron chi connectivity index (χ4n) is 2.68. The Kier molecular flexibility index (Phi) is 4.72. The van der Waals surface area contributed by atoms with E-state index in [1.54, 1.807) is 0 Å². The largest absolute Gasteiger partial charge is 0.416 e. The summed E-state index contributed by atoms with van der Waals surface area (Å²) in [5, 5.41) is 3.09. The van der Waals surface area contributed by atoms with Crippen molar-refractivity contribution in [1.29, 1.82) is 0 Å². The number of benzene rings is 2. The second-order valence-electron chi connectivity index (χ2n) is 5.65. The predicted octanol–water partition coefficient (Wildman–Crippen LogP) is 4.63. The molecule has 0 aromatic heterocycles. The van der Waals surface area contributed by atoms with E-state index in [4.69, 9.17) is 0 Å². The number of hydrogen-bond acceptors (Lipinski definition) is 3. The van der Waals surface area contributed by atoms with Crippen molar-refractivity contribution in [1.82, 2.24) is 0 Å². The SMILES string of the molecule is O=S(=O)(Nc1ccc(C(F)(F)F)cc1)c1cc(Br)cc2c1NCCC2. The fraction of sp³-hybridized carbons (Fsp3) is 0.250. The van der Waals surface area contributed by atoms with E-state index in [1.165, 1.54) is 6.07 Å². The van der Waals surface area contributed by atoms with Gasteiger partial charge < -0.3 is 5.32 Å². The molecule has 0 radical (unpaired) electrons. The maximum Gasteiger partial charge on any atom is 0.416 e. The molecule has 0 amide bonds. The van der Waals surface area contributed by atoms with Crippen LogP contribution in [-0.4, -0.2) is 15.0 Å². The number of rotatable bonds is 3. The van der Waals surface area contributed by atoms with E-state index in [1.807, 2.05) is 6.07 Å². The van der Waals surface area contributed by atoms with Crippen molar-refractivity contribution < 1.29 is 21.6 Å². The van der Waals surface area contributed by atoms with E-state index in [2.05, 4.69) is 26.0 Å². The Morgan fingerprint density at radius 3 is 2.44 bits per heavy atom. The van der Waals surface area contributed by atoms with Crippen LogP contribution < -0.4 is 10.0 Å². The molecule has 25 heavy (non-hydrogen) atoms. The molecule has 0 saturated heterocycles. The molecule has 4 nitrogen and oxygen atoms in total. The van der Waals surface area contributed by atoms with E-state index in [-0.39, 0.29) is 10.6 Å². The van der Waals surface area contributed by atoms with Crippen molar-refractivity contribution in [2.45, 2.75) is 23.9 Å². The van der Waals surface area contributed by atoms with Gasteiger partial charge in [-0.25, -0.2) is 8.42 Å². The van der Waals surface area contributed by atoms with Gasteiger partial charge in [0.05, 0.1) is 11.3 Å². The molecule has 2 aromatic carbocycles. The van der Waals surface area contributed by atoms with Gasteiger partial charge in [-0.05, 0) is 54.8 Å². The van der Waals surface area contributed by atoms with E-state index in [9.17, 15) is 21.6 Å².